The van der Waals surface area contributed by atoms with E-state index in [1.165, 1.54) is 32.1 Å². The molecule has 0 fully saturated rings. The molecule has 0 aromatic heterocycles. The van der Waals surface area contributed by atoms with Gasteiger partial charge < -0.3 is 10.4 Å². The third-order valence-corrected chi connectivity index (χ3v) is 3.98. The summed E-state index contributed by atoms with van der Waals surface area (Å²) in [6.07, 6.45) is 9.01. The van der Waals surface area contributed by atoms with Crippen molar-refractivity contribution in [1.82, 2.24) is 0 Å². The summed E-state index contributed by atoms with van der Waals surface area (Å²) in [6, 6.07) is 7.51. The number of amides is 1. The van der Waals surface area contributed by atoms with Crippen molar-refractivity contribution in [3.8, 4) is 0 Å². The Balaban J connectivity index is 1.85. The number of allylic oxidation sites excluding steroid dienone is 1. The SMILES string of the molecule is CCCCCCCCCC(O)=C1C(=O)Nc2ccccc21. The minimum Gasteiger partial charge on any atom is -0.511 e. The van der Waals surface area contributed by atoms with Crippen molar-refractivity contribution in [2.75, 3.05) is 5.32 Å². The van der Waals surface area contributed by atoms with Crippen molar-refractivity contribution in [2.24, 2.45) is 0 Å². The number of para-hydroxylation sites is 1. The summed E-state index contributed by atoms with van der Waals surface area (Å²) in [7, 11) is 0. The van der Waals surface area contributed by atoms with Crippen molar-refractivity contribution >= 4 is 17.2 Å². The molecule has 0 spiro atoms. The van der Waals surface area contributed by atoms with Gasteiger partial charge in [0.1, 0.15) is 5.76 Å². The van der Waals surface area contributed by atoms with Crippen molar-refractivity contribution < 1.29 is 9.90 Å². The molecule has 2 N–H and O–H groups in total. The van der Waals surface area contributed by atoms with Gasteiger partial charge >= 0.3 is 0 Å². The molecule has 1 aromatic rings. The predicted molar refractivity (Wildman–Crippen MR) is 87.2 cm³/mol. The third-order valence-electron chi connectivity index (χ3n) is 3.98. The van der Waals surface area contributed by atoms with Gasteiger partial charge in [0.15, 0.2) is 0 Å². The van der Waals surface area contributed by atoms with Crippen LogP contribution in [0.2, 0.25) is 0 Å². The molecular formula is C18H25NO2. The first-order valence-corrected chi connectivity index (χ1v) is 8.07. The number of hydrogen-bond donors (Lipinski definition) is 2. The second-order valence-corrected chi connectivity index (χ2v) is 5.69. The molecule has 1 aromatic carbocycles. The monoisotopic (exact) mass is 287 g/mol. The van der Waals surface area contributed by atoms with Gasteiger partial charge in [0, 0.05) is 17.7 Å². The first-order valence-electron chi connectivity index (χ1n) is 8.07. The quantitative estimate of drug-likeness (QED) is 0.399. The van der Waals surface area contributed by atoms with Crippen LogP contribution in [0.5, 0.6) is 0 Å². The molecule has 2 rings (SSSR count). The second-order valence-electron chi connectivity index (χ2n) is 5.69. The molecule has 21 heavy (non-hydrogen) atoms. The van der Waals surface area contributed by atoms with E-state index in [0.29, 0.717) is 12.0 Å². The number of nitrogens with one attached hydrogen (secondary N) is 1. The highest BCUT2D eigenvalue weighted by Gasteiger charge is 2.26. The molecule has 1 aliphatic rings. The Bertz CT molecular complexity index is 520. The van der Waals surface area contributed by atoms with Crippen LogP contribution in [0.15, 0.2) is 30.0 Å². The van der Waals surface area contributed by atoms with Crippen LogP contribution >= 0.6 is 0 Å². The molecule has 1 heterocycles. The molecule has 0 saturated carbocycles. The van der Waals surface area contributed by atoms with Gasteiger partial charge in [0.25, 0.3) is 5.91 Å². The van der Waals surface area contributed by atoms with Crippen LogP contribution < -0.4 is 5.32 Å². The van der Waals surface area contributed by atoms with Gasteiger partial charge in [-0.3, -0.25) is 4.79 Å². The largest absolute Gasteiger partial charge is 0.511 e. The Morgan fingerprint density at radius 3 is 2.48 bits per heavy atom. The van der Waals surface area contributed by atoms with Crippen LogP contribution in [0, 0.1) is 0 Å². The number of carbonyl (C=O) groups excluding carboxylic acids is 1. The van der Waals surface area contributed by atoms with Crippen molar-refractivity contribution in [3.05, 3.63) is 35.6 Å². The highest BCUT2D eigenvalue weighted by atomic mass is 16.3. The Morgan fingerprint density at radius 2 is 1.71 bits per heavy atom. The average molecular weight is 287 g/mol. The number of aliphatic hydroxyl groups excluding tert-OH is 1. The number of fused-ring (bicyclic) bond motifs is 1. The summed E-state index contributed by atoms with van der Waals surface area (Å²) in [5.41, 5.74) is 2.07. The van der Waals surface area contributed by atoms with Gasteiger partial charge in [-0.25, -0.2) is 0 Å². The number of carbonyl (C=O) groups is 1. The third kappa shape index (κ3) is 4.10. The molecule has 3 heteroatoms. The number of hydrogen-bond acceptors (Lipinski definition) is 2. The minimum atomic E-state index is -0.184. The molecule has 1 aliphatic heterocycles. The maximum atomic E-state index is 12.0. The van der Waals surface area contributed by atoms with E-state index in [1.54, 1.807) is 0 Å². The topological polar surface area (TPSA) is 49.3 Å². The van der Waals surface area contributed by atoms with E-state index < -0.39 is 0 Å². The Morgan fingerprint density at radius 1 is 1.05 bits per heavy atom. The summed E-state index contributed by atoms with van der Waals surface area (Å²) in [4.78, 5) is 12.0. The zero-order chi connectivity index (χ0) is 15.1. The number of anilines is 1. The summed E-state index contributed by atoms with van der Waals surface area (Å²) in [5, 5.41) is 13.0. The zero-order valence-corrected chi connectivity index (χ0v) is 12.8. The zero-order valence-electron chi connectivity index (χ0n) is 12.8. The van der Waals surface area contributed by atoms with E-state index in [1.807, 2.05) is 24.3 Å². The number of benzene rings is 1. The van der Waals surface area contributed by atoms with E-state index >= 15 is 0 Å². The molecule has 3 nitrogen and oxygen atoms in total. The second kappa shape index (κ2) is 7.87. The van der Waals surface area contributed by atoms with Crippen molar-refractivity contribution in [1.29, 1.82) is 0 Å². The van der Waals surface area contributed by atoms with Crippen LogP contribution in [-0.2, 0) is 4.79 Å². The van der Waals surface area contributed by atoms with Crippen molar-refractivity contribution in [2.45, 2.75) is 58.3 Å². The van der Waals surface area contributed by atoms with Gasteiger partial charge in [-0.2, -0.15) is 0 Å². The first-order chi connectivity index (χ1) is 10.2. The lowest BCUT2D eigenvalue weighted by Crippen LogP contribution is -2.06. The summed E-state index contributed by atoms with van der Waals surface area (Å²) < 4.78 is 0. The fraction of sp³-hybridized carbons (Fsp3) is 0.500. The fourth-order valence-corrected chi connectivity index (χ4v) is 2.78. The maximum Gasteiger partial charge on any atom is 0.259 e. The lowest BCUT2D eigenvalue weighted by atomic mass is 10.0. The van der Waals surface area contributed by atoms with Gasteiger partial charge in [-0.15, -0.1) is 0 Å². The normalized spacial score (nSPS) is 15.8. The van der Waals surface area contributed by atoms with Gasteiger partial charge in [-0.1, -0.05) is 63.6 Å². The number of rotatable bonds is 8. The molecule has 0 aliphatic carbocycles. The van der Waals surface area contributed by atoms with E-state index in [2.05, 4.69) is 12.2 Å². The van der Waals surface area contributed by atoms with Gasteiger partial charge in [0.05, 0.1) is 5.57 Å². The predicted octanol–water partition coefficient (Wildman–Crippen LogP) is 5.05. The summed E-state index contributed by atoms with van der Waals surface area (Å²) in [6.45, 7) is 2.22. The summed E-state index contributed by atoms with van der Waals surface area (Å²) >= 11 is 0. The van der Waals surface area contributed by atoms with E-state index in [0.717, 1.165) is 24.1 Å². The molecular weight excluding hydrogens is 262 g/mol. The molecule has 0 atom stereocenters. The number of aliphatic hydroxyl groups is 1. The lowest BCUT2D eigenvalue weighted by molar-refractivity contribution is -0.110. The van der Waals surface area contributed by atoms with Crippen molar-refractivity contribution in [3.63, 3.8) is 0 Å². The molecule has 1 amide bonds. The van der Waals surface area contributed by atoms with E-state index in [4.69, 9.17) is 0 Å². The van der Waals surface area contributed by atoms with Crippen LogP contribution in [0.25, 0.3) is 5.57 Å². The van der Waals surface area contributed by atoms with Crippen LogP contribution in [-0.4, -0.2) is 11.0 Å². The van der Waals surface area contributed by atoms with Gasteiger partial charge in [0.2, 0.25) is 0 Å². The Labute approximate surface area is 127 Å². The van der Waals surface area contributed by atoms with Crippen LogP contribution in [0.1, 0.15) is 63.9 Å². The first kappa shape index (κ1) is 15.6. The molecule has 0 unspecified atom stereocenters. The molecule has 0 radical (unpaired) electrons. The standard InChI is InChI=1S/C18H25NO2/c1-2-3-4-5-6-7-8-13-16(20)17-14-11-9-10-12-15(14)19-18(17)21/h9-12,20H,2-8,13H2,1H3,(H,19,21). The Hall–Kier alpha value is -1.77. The lowest BCUT2D eigenvalue weighted by Gasteiger charge is -2.05. The molecule has 0 bridgehead atoms. The highest BCUT2D eigenvalue weighted by molar-refractivity contribution is 6.31. The minimum absolute atomic E-state index is 0.184. The highest BCUT2D eigenvalue weighted by Crippen LogP contribution is 2.34. The average Bonchev–Trinajstić information content (AvgIpc) is 2.82. The van der Waals surface area contributed by atoms with E-state index in [9.17, 15) is 9.90 Å². The smallest absolute Gasteiger partial charge is 0.259 e. The summed E-state index contributed by atoms with van der Waals surface area (Å²) in [5.74, 6) is 0.0441. The fourth-order valence-electron chi connectivity index (χ4n) is 2.78. The Kier molecular flexibility index (Phi) is 5.85. The maximum absolute atomic E-state index is 12.0. The molecule has 114 valence electrons. The molecule has 0 saturated heterocycles. The number of unbranched alkanes of at least 4 members (excludes halogenated alkanes) is 6. The van der Waals surface area contributed by atoms with Crippen LogP contribution in [0.4, 0.5) is 5.69 Å². The van der Waals surface area contributed by atoms with Gasteiger partial charge in [-0.05, 0) is 12.5 Å². The van der Waals surface area contributed by atoms with Crippen LogP contribution in [0.3, 0.4) is 0 Å². The van der Waals surface area contributed by atoms with E-state index in [-0.39, 0.29) is 11.7 Å².